The van der Waals surface area contributed by atoms with Crippen molar-refractivity contribution in [2.24, 2.45) is 0 Å². The van der Waals surface area contributed by atoms with Crippen LogP contribution in [0, 0.1) is 6.92 Å². The first-order valence-electron chi connectivity index (χ1n) is 3.74. The summed E-state index contributed by atoms with van der Waals surface area (Å²) >= 11 is 0. The fourth-order valence-electron chi connectivity index (χ4n) is 1.06. The first-order valence-corrected chi connectivity index (χ1v) is 3.74. The molecule has 0 atom stereocenters. The van der Waals surface area contributed by atoms with Crippen molar-refractivity contribution in [2.75, 3.05) is 0 Å². The summed E-state index contributed by atoms with van der Waals surface area (Å²) in [6, 6.07) is 1.40. The van der Waals surface area contributed by atoms with Gasteiger partial charge in [0, 0.05) is 6.07 Å². The highest BCUT2D eigenvalue weighted by Gasteiger charge is 2.06. The van der Waals surface area contributed by atoms with Crippen LogP contribution in [0.1, 0.15) is 5.76 Å². The van der Waals surface area contributed by atoms with Crippen molar-refractivity contribution < 1.29 is 4.52 Å². The summed E-state index contributed by atoms with van der Waals surface area (Å²) in [5.74, 6) is 0.651. The Balaban J connectivity index is 2.59. The average Bonchev–Trinajstić information content (AvgIpc) is 2.51. The molecule has 2 heterocycles. The molecule has 13 heavy (non-hydrogen) atoms. The predicted molar refractivity (Wildman–Crippen MR) is 45.1 cm³/mol. The van der Waals surface area contributed by atoms with Crippen LogP contribution in [0.4, 0.5) is 0 Å². The highest BCUT2D eigenvalue weighted by molar-refractivity contribution is 5.58. The maximum Gasteiger partial charge on any atom is 0.251 e. The minimum atomic E-state index is -0.189. The minimum absolute atomic E-state index is 0.189. The lowest BCUT2D eigenvalue weighted by atomic mass is 10.2. The molecule has 66 valence electrons. The van der Waals surface area contributed by atoms with E-state index in [1.807, 2.05) is 0 Å². The van der Waals surface area contributed by atoms with Gasteiger partial charge in [0.15, 0.2) is 0 Å². The van der Waals surface area contributed by atoms with Gasteiger partial charge in [-0.05, 0) is 6.92 Å². The van der Waals surface area contributed by atoms with Crippen molar-refractivity contribution in [3.05, 3.63) is 34.7 Å². The Morgan fingerprint density at radius 2 is 2.38 bits per heavy atom. The molecule has 0 amide bonds. The maximum absolute atomic E-state index is 11.0. The van der Waals surface area contributed by atoms with Crippen LogP contribution in [-0.4, -0.2) is 15.1 Å². The van der Waals surface area contributed by atoms with Crippen molar-refractivity contribution in [2.45, 2.75) is 6.92 Å². The summed E-state index contributed by atoms with van der Waals surface area (Å²) in [4.78, 5) is 17.4. The highest BCUT2D eigenvalue weighted by Crippen LogP contribution is 2.18. The smallest absolute Gasteiger partial charge is 0.251 e. The number of hydrogen-bond acceptors (Lipinski definition) is 4. The van der Waals surface area contributed by atoms with Crippen molar-refractivity contribution in [3.8, 4) is 11.3 Å². The molecule has 0 saturated heterocycles. The highest BCUT2D eigenvalue weighted by atomic mass is 16.5. The molecule has 0 aliphatic heterocycles. The average molecular weight is 177 g/mol. The fraction of sp³-hybridized carbons (Fsp3) is 0.125. The molecule has 1 N–H and O–H groups in total. The van der Waals surface area contributed by atoms with E-state index in [9.17, 15) is 4.79 Å². The van der Waals surface area contributed by atoms with Crippen LogP contribution in [0.3, 0.4) is 0 Å². The molecule has 0 aliphatic carbocycles. The van der Waals surface area contributed by atoms with E-state index in [2.05, 4.69) is 15.1 Å². The summed E-state index contributed by atoms with van der Waals surface area (Å²) in [7, 11) is 0. The normalized spacial score (nSPS) is 10.2. The zero-order chi connectivity index (χ0) is 9.26. The molecule has 0 bridgehead atoms. The van der Waals surface area contributed by atoms with Gasteiger partial charge in [0.2, 0.25) is 0 Å². The first-order chi connectivity index (χ1) is 6.27. The summed E-state index contributed by atoms with van der Waals surface area (Å²) < 4.78 is 4.86. The van der Waals surface area contributed by atoms with E-state index in [1.165, 1.54) is 18.6 Å². The van der Waals surface area contributed by atoms with E-state index < -0.39 is 0 Å². The maximum atomic E-state index is 11.0. The number of nitrogens with one attached hydrogen (secondary N) is 1. The summed E-state index contributed by atoms with van der Waals surface area (Å²) in [5.41, 5.74) is 1.12. The molecule has 0 aromatic carbocycles. The predicted octanol–water partition coefficient (Wildman–Crippen LogP) is 0.733. The van der Waals surface area contributed by atoms with E-state index in [0.29, 0.717) is 11.5 Å². The van der Waals surface area contributed by atoms with Gasteiger partial charge < -0.3 is 9.51 Å². The molecule has 0 radical (unpaired) electrons. The third kappa shape index (κ3) is 1.35. The molecule has 0 spiro atoms. The van der Waals surface area contributed by atoms with Crippen LogP contribution in [0.25, 0.3) is 11.3 Å². The van der Waals surface area contributed by atoms with Crippen molar-refractivity contribution >= 4 is 0 Å². The molecule has 5 nitrogen and oxygen atoms in total. The Labute approximate surface area is 73.4 Å². The van der Waals surface area contributed by atoms with Gasteiger partial charge in [-0.15, -0.1) is 0 Å². The largest absolute Gasteiger partial charge is 0.361 e. The van der Waals surface area contributed by atoms with E-state index in [-0.39, 0.29) is 5.56 Å². The van der Waals surface area contributed by atoms with Gasteiger partial charge in [0.05, 0.1) is 23.8 Å². The van der Waals surface area contributed by atoms with E-state index in [4.69, 9.17) is 4.52 Å². The van der Waals surface area contributed by atoms with Crippen LogP contribution in [0.5, 0.6) is 0 Å². The Hall–Kier alpha value is -1.91. The van der Waals surface area contributed by atoms with Crippen LogP contribution < -0.4 is 5.56 Å². The van der Waals surface area contributed by atoms with Gasteiger partial charge in [0.25, 0.3) is 5.56 Å². The molecular weight excluding hydrogens is 170 g/mol. The molecular formula is C8H7N3O2. The second kappa shape index (κ2) is 2.85. The summed E-state index contributed by atoms with van der Waals surface area (Å²) in [5, 5.41) is 3.60. The third-order valence-corrected chi connectivity index (χ3v) is 1.70. The van der Waals surface area contributed by atoms with Crippen LogP contribution in [0.15, 0.2) is 27.9 Å². The van der Waals surface area contributed by atoms with Gasteiger partial charge >= 0.3 is 0 Å². The number of rotatable bonds is 1. The second-order valence-electron chi connectivity index (χ2n) is 2.59. The molecule has 0 unspecified atom stereocenters. The van der Waals surface area contributed by atoms with Crippen molar-refractivity contribution in [1.29, 1.82) is 0 Å². The summed E-state index contributed by atoms with van der Waals surface area (Å²) in [6.45, 7) is 1.77. The summed E-state index contributed by atoms with van der Waals surface area (Å²) in [6.07, 6.45) is 2.89. The monoisotopic (exact) mass is 177 g/mol. The number of H-pyrrole nitrogens is 1. The van der Waals surface area contributed by atoms with Crippen LogP contribution >= 0.6 is 0 Å². The Morgan fingerprint density at radius 3 is 3.00 bits per heavy atom. The number of aryl methyl sites for hydroxylation is 1. The van der Waals surface area contributed by atoms with Crippen molar-refractivity contribution in [1.82, 2.24) is 15.1 Å². The third-order valence-electron chi connectivity index (χ3n) is 1.70. The van der Waals surface area contributed by atoms with Crippen molar-refractivity contribution in [3.63, 3.8) is 0 Å². The molecule has 2 aromatic heterocycles. The topological polar surface area (TPSA) is 71.8 Å². The quantitative estimate of drug-likeness (QED) is 0.697. The Morgan fingerprint density at radius 1 is 1.54 bits per heavy atom. The van der Waals surface area contributed by atoms with Crippen LogP contribution in [-0.2, 0) is 0 Å². The Bertz CT molecular complexity index is 472. The van der Waals surface area contributed by atoms with Gasteiger partial charge in [-0.2, -0.15) is 0 Å². The lowest BCUT2D eigenvalue weighted by Gasteiger charge is -1.93. The zero-order valence-corrected chi connectivity index (χ0v) is 6.94. The van der Waals surface area contributed by atoms with E-state index in [1.54, 1.807) is 6.92 Å². The minimum Gasteiger partial charge on any atom is -0.361 e. The van der Waals surface area contributed by atoms with Gasteiger partial charge in [-0.3, -0.25) is 4.79 Å². The van der Waals surface area contributed by atoms with Gasteiger partial charge in [-0.1, -0.05) is 5.16 Å². The SMILES string of the molecule is Cc1oncc1-c1cc(=O)[nH]cn1. The second-order valence-corrected chi connectivity index (χ2v) is 2.59. The molecule has 0 saturated carbocycles. The molecule has 0 aliphatic rings. The number of hydrogen-bond donors (Lipinski definition) is 1. The lowest BCUT2D eigenvalue weighted by molar-refractivity contribution is 0.398. The molecule has 5 heteroatoms. The number of aromatic nitrogens is 3. The van der Waals surface area contributed by atoms with Gasteiger partial charge in [-0.25, -0.2) is 4.98 Å². The molecule has 0 fully saturated rings. The zero-order valence-electron chi connectivity index (χ0n) is 6.94. The van der Waals surface area contributed by atoms with Crippen LogP contribution in [0.2, 0.25) is 0 Å². The van der Waals surface area contributed by atoms with Gasteiger partial charge in [0.1, 0.15) is 5.76 Å². The Kier molecular flexibility index (Phi) is 1.70. The first kappa shape index (κ1) is 7.72. The number of nitrogens with zero attached hydrogens (tertiary/aromatic N) is 2. The standard InChI is InChI=1S/C8H7N3O2/c1-5-6(3-11-13-5)7-2-8(12)10-4-9-7/h2-4H,1H3,(H,9,10,12). The molecule has 2 aromatic rings. The van der Waals surface area contributed by atoms with E-state index in [0.717, 1.165) is 5.56 Å². The molecule has 2 rings (SSSR count). The van der Waals surface area contributed by atoms with E-state index >= 15 is 0 Å². The lowest BCUT2D eigenvalue weighted by Crippen LogP contribution is -2.04. The fourth-order valence-corrected chi connectivity index (χ4v) is 1.06. The number of aromatic amines is 1.